The van der Waals surface area contributed by atoms with Gasteiger partial charge < -0.3 is 14.2 Å². The molecular formula is C25H28N6O5S. The van der Waals surface area contributed by atoms with Crippen LogP contribution >= 0.6 is 0 Å². The second-order valence-corrected chi connectivity index (χ2v) is 10.5. The number of ether oxygens (including phenoxy) is 3. The van der Waals surface area contributed by atoms with Crippen LogP contribution in [0.15, 0.2) is 42.6 Å². The number of benzene rings is 1. The molecule has 5 rings (SSSR count). The van der Waals surface area contributed by atoms with Crippen LogP contribution in [-0.2, 0) is 16.4 Å². The zero-order valence-electron chi connectivity index (χ0n) is 20.8. The van der Waals surface area contributed by atoms with Crippen LogP contribution in [0.4, 0.5) is 0 Å². The lowest BCUT2D eigenvalue weighted by atomic mass is 10.2. The van der Waals surface area contributed by atoms with Crippen molar-refractivity contribution < 1.29 is 22.6 Å². The van der Waals surface area contributed by atoms with Crippen LogP contribution in [0.5, 0.6) is 17.4 Å². The van der Waals surface area contributed by atoms with Gasteiger partial charge in [0.25, 0.3) is 0 Å². The van der Waals surface area contributed by atoms with Gasteiger partial charge in [-0.3, -0.25) is 4.57 Å². The number of imidazole rings is 1. The molecule has 1 N–H and O–H groups in total. The molecule has 1 aliphatic carbocycles. The number of aromatic nitrogens is 5. The van der Waals surface area contributed by atoms with E-state index in [1.54, 1.807) is 31.0 Å². The third kappa shape index (κ3) is 5.07. The second kappa shape index (κ2) is 10.3. The average molecular weight is 525 g/mol. The van der Waals surface area contributed by atoms with E-state index in [0.29, 0.717) is 77.4 Å². The summed E-state index contributed by atoms with van der Waals surface area (Å²) in [5.41, 5.74) is 2.62. The van der Waals surface area contributed by atoms with E-state index in [-0.39, 0.29) is 11.8 Å². The maximum Gasteiger partial charge on any atom is 0.214 e. The van der Waals surface area contributed by atoms with Crippen molar-refractivity contribution >= 4 is 21.3 Å². The minimum atomic E-state index is -3.28. The molecule has 3 aromatic heterocycles. The highest BCUT2D eigenvalue weighted by molar-refractivity contribution is 7.90. The summed E-state index contributed by atoms with van der Waals surface area (Å²) in [6.45, 7) is 2.60. The smallest absolute Gasteiger partial charge is 0.214 e. The van der Waals surface area contributed by atoms with Crippen LogP contribution in [0.1, 0.15) is 25.5 Å². The number of sulfonamides is 1. The first kappa shape index (κ1) is 24.9. The summed E-state index contributed by atoms with van der Waals surface area (Å²) in [5.74, 6) is 2.04. The third-order valence-corrected chi connectivity index (χ3v) is 7.89. The van der Waals surface area contributed by atoms with E-state index < -0.39 is 10.0 Å². The van der Waals surface area contributed by atoms with Crippen molar-refractivity contribution in [3.05, 3.63) is 48.3 Å². The van der Waals surface area contributed by atoms with Gasteiger partial charge in [0, 0.05) is 19.0 Å². The molecule has 1 fully saturated rings. The summed E-state index contributed by atoms with van der Waals surface area (Å²) in [6.07, 6.45) is 3.40. The fraction of sp³-hybridized carbons (Fsp3) is 0.360. The molecule has 0 aliphatic heterocycles. The Morgan fingerprint density at radius 3 is 2.43 bits per heavy atom. The lowest BCUT2D eigenvalue weighted by Crippen LogP contribution is -2.29. The van der Waals surface area contributed by atoms with Crippen LogP contribution in [0.25, 0.3) is 28.5 Å². The lowest BCUT2D eigenvalue weighted by Gasteiger charge is -2.16. The van der Waals surface area contributed by atoms with E-state index in [1.807, 2.05) is 37.3 Å². The summed E-state index contributed by atoms with van der Waals surface area (Å²) < 4.78 is 45.8. The van der Waals surface area contributed by atoms with Crippen molar-refractivity contribution in [2.75, 3.05) is 27.4 Å². The topological polar surface area (TPSA) is 130 Å². The molecule has 1 saturated carbocycles. The summed E-state index contributed by atoms with van der Waals surface area (Å²) in [7, 11) is -0.124. The van der Waals surface area contributed by atoms with Crippen LogP contribution < -0.4 is 18.9 Å². The molecule has 0 unspecified atom stereocenters. The van der Waals surface area contributed by atoms with Gasteiger partial charge in [-0.2, -0.15) is 0 Å². The van der Waals surface area contributed by atoms with Crippen LogP contribution in [0, 0.1) is 0 Å². The fourth-order valence-corrected chi connectivity index (χ4v) is 5.41. The number of nitrogens with zero attached hydrogens (tertiary/aromatic N) is 5. The molecule has 4 aromatic rings. The summed E-state index contributed by atoms with van der Waals surface area (Å²) in [6, 6.07) is 10.9. The van der Waals surface area contributed by atoms with Crippen LogP contribution in [0.3, 0.4) is 0 Å². The number of rotatable bonds is 11. The Morgan fingerprint density at radius 2 is 1.76 bits per heavy atom. The monoisotopic (exact) mass is 524 g/mol. The molecule has 1 aliphatic rings. The Balaban J connectivity index is 1.63. The number of hydrogen-bond acceptors (Lipinski definition) is 9. The maximum absolute atomic E-state index is 12.2. The molecule has 0 bridgehead atoms. The zero-order chi connectivity index (χ0) is 26.0. The molecule has 194 valence electrons. The van der Waals surface area contributed by atoms with E-state index in [1.165, 1.54) is 0 Å². The summed E-state index contributed by atoms with van der Waals surface area (Å²) >= 11 is 0. The largest absolute Gasteiger partial charge is 0.494 e. The molecule has 0 spiro atoms. The van der Waals surface area contributed by atoms with Crippen molar-refractivity contribution in [1.82, 2.24) is 29.2 Å². The molecule has 12 heteroatoms. The predicted octanol–water partition coefficient (Wildman–Crippen LogP) is 2.92. The van der Waals surface area contributed by atoms with E-state index >= 15 is 0 Å². The Morgan fingerprint density at radius 1 is 1.03 bits per heavy atom. The van der Waals surface area contributed by atoms with Gasteiger partial charge in [0.15, 0.2) is 17.1 Å². The maximum atomic E-state index is 12.2. The molecule has 0 amide bonds. The minimum Gasteiger partial charge on any atom is -0.494 e. The van der Waals surface area contributed by atoms with Gasteiger partial charge in [0.1, 0.15) is 22.9 Å². The Hall–Kier alpha value is -3.77. The molecule has 0 radical (unpaired) electrons. The second-order valence-electron chi connectivity index (χ2n) is 8.47. The molecule has 3 heterocycles. The van der Waals surface area contributed by atoms with E-state index in [4.69, 9.17) is 24.2 Å². The van der Waals surface area contributed by atoms with Crippen molar-refractivity contribution in [2.45, 2.75) is 31.4 Å². The Bertz CT molecular complexity index is 1510. The first-order valence-electron chi connectivity index (χ1n) is 12.0. The molecule has 0 saturated heterocycles. The summed E-state index contributed by atoms with van der Waals surface area (Å²) in [5, 5.41) is -0.275. The number of fused-ring (bicyclic) bond motifs is 1. The number of pyridine rings is 1. The molecule has 11 nitrogen and oxygen atoms in total. The Labute approximate surface area is 214 Å². The highest BCUT2D eigenvalue weighted by atomic mass is 32.2. The zero-order valence-corrected chi connectivity index (χ0v) is 21.7. The highest BCUT2D eigenvalue weighted by Crippen LogP contribution is 2.37. The number of para-hydroxylation sites is 1. The number of hydrogen-bond donors (Lipinski definition) is 1. The van der Waals surface area contributed by atoms with Crippen LogP contribution in [-0.4, -0.2) is 65.5 Å². The van der Waals surface area contributed by atoms with Crippen molar-refractivity contribution in [3.63, 3.8) is 0 Å². The number of nitrogens with one attached hydrogen (secondary N) is 1. The normalized spacial score (nSPS) is 13.6. The SMILES string of the molecule is CCOc1cccc(-c2nc3ncc(CCNS(=O)(=O)C4CC4)nc3n2-c2c(OC)cccc2OC)n1. The summed E-state index contributed by atoms with van der Waals surface area (Å²) in [4.78, 5) is 18.7. The van der Waals surface area contributed by atoms with Gasteiger partial charge in [0.2, 0.25) is 15.9 Å². The fourth-order valence-electron chi connectivity index (χ4n) is 4.03. The van der Waals surface area contributed by atoms with E-state index in [9.17, 15) is 8.42 Å². The molecular weight excluding hydrogens is 496 g/mol. The lowest BCUT2D eigenvalue weighted by molar-refractivity contribution is 0.327. The van der Waals surface area contributed by atoms with Gasteiger partial charge in [-0.15, -0.1) is 0 Å². The average Bonchev–Trinajstić information content (AvgIpc) is 3.71. The Kier molecular flexibility index (Phi) is 6.94. The van der Waals surface area contributed by atoms with Crippen LogP contribution in [0.2, 0.25) is 0 Å². The third-order valence-electron chi connectivity index (χ3n) is 5.94. The molecule has 37 heavy (non-hydrogen) atoms. The van der Waals surface area contributed by atoms with E-state index in [0.717, 1.165) is 0 Å². The quantitative estimate of drug-likeness (QED) is 0.315. The van der Waals surface area contributed by atoms with Gasteiger partial charge in [-0.1, -0.05) is 12.1 Å². The van der Waals surface area contributed by atoms with Crippen molar-refractivity contribution in [2.24, 2.45) is 0 Å². The minimum absolute atomic E-state index is 0.232. The van der Waals surface area contributed by atoms with Gasteiger partial charge >= 0.3 is 0 Å². The first-order valence-corrected chi connectivity index (χ1v) is 13.5. The first-order chi connectivity index (χ1) is 17.9. The molecule has 0 atom stereocenters. The van der Waals surface area contributed by atoms with Gasteiger partial charge in [0.05, 0.1) is 38.0 Å². The highest BCUT2D eigenvalue weighted by Gasteiger charge is 2.35. The molecule has 1 aromatic carbocycles. The van der Waals surface area contributed by atoms with Gasteiger partial charge in [-0.25, -0.2) is 33.1 Å². The van der Waals surface area contributed by atoms with E-state index in [2.05, 4.69) is 14.7 Å². The van der Waals surface area contributed by atoms with Crippen molar-refractivity contribution in [1.29, 1.82) is 0 Å². The number of methoxy groups -OCH3 is 2. The standard InChI is InChI=1S/C25H28N6O5S/c1-4-36-21-10-5-7-18(29-21)24-30-23-25(31(24)22-19(34-2)8-6-9-20(22)35-3)28-16(15-26-23)13-14-27-37(32,33)17-11-12-17/h5-10,15,17,27H,4,11-14H2,1-3H3. The van der Waals surface area contributed by atoms with Gasteiger partial charge in [-0.05, 0) is 38.0 Å². The van der Waals surface area contributed by atoms with Crippen molar-refractivity contribution in [3.8, 4) is 34.6 Å². The predicted molar refractivity (Wildman–Crippen MR) is 138 cm³/mol.